The first-order chi connectivity index (χ1) is 39.6. The van der Waals surface area contributed by atoms with Gasteiger partial charge in [0.1, 0.15) is 0 Å². The van der Waals surface area contributed by atoms with Gasteiger partial charge in [-0.3, -0.25) is 12.2 Å². The molecule has 0 aromatic heterocycles. The second-order valence-corrected chi connectivity index (χ2v) is 29.3. The fourth-order valence-electron chi connectivity index (χ4n) is 10.3. The van der Waals surface area contributed by atoms with Crippen molar-refractivity contribution in [2.24, 2.45) is 0 Å². The predicted octanol–water partition coefficient (Wildman–Crippen LogP) is 14.8. The zero-order chi connectivity index (χ0) is 61.0. The Morgan fingerprint density at radius 1 is 0.360 bits per heavy atom. The van der Waals surface area contributed by atoms with Gasteiger partial charge in [0.15, 0.2) is 0 Å². The Bertz CT molecular complexity index is 3250. The van der Waals surface area contributed by atoms with Crippen molar-refractivity contribution in [3.63, 3.8) is 0 Å². The first-order valence-electron chi connectivity index (χ1n) is 29.9. The average Bonchev–Trinajstić information content (AvgIpc) is 3.37. The van der Waals surface area contributed by atoms with Gasteiger partial charge in [0.2, 0.25) is 0 Å². The smallest absolute Gasteiger partial charge is 0.109 e. The molecule has 0 bridgehead atoms. The van der Waals surface area contributed by atoms with Gasteiger partial charge in [0, 0.05) is 0 Å². The van der Waals surface area contributed by atoms with Crippen LogP contribution in [0.3, 0.4) is 0 Å². The van der Waals surface area contributed by atoms with E-state index in [0.717, 1.165) is 25.7 Å². The number of fused-ring (bicyclic) bond motifs is 6. The first-order valence-corrected chi connectivity index (χ1v) is 32.4. The number of allylic oxidation sites excluding steroid dienone is 8. The van der Waals surface area contributed by atoms with Crippen molar-refractivity contribution >= 4 is 6.41 Å². The molecular weight excluding hydrogens is 1240 g/mol. The molecule has 4 aliphatic carbocycles. The second-order valence-electron chi connectivity index (χ2n) is 26.9. The summed E-state index contributed by atoms with van der Waals surface area (Å²) in [6.07, 6.45) is 22.1. The van der Waals surface area contributed by atoms with Crippen molar-refractivity contribution in [2.45, 2.75) is 158 Å². The maximum absolute atomic E-state index is 3.67. The molecule has 86 heavy (non-hydrogen) atoms. The van der Waals surface area contributed by atoms with Crippen LogP contribution in [0.4, 0.5) is 0 Å². The summed E-state index contributed by atoms with van der Waals surface area (Å²) < 4.78 is 2.86. The van der Waals surface area contributed by atoms with Crippen LogP contribution in [0, 0.1) is 52.0 Å². The molecule has 4 heteroatoms. The minimum Gasteiger partial charge on any atom is -1.00 e. The van der Waals surface area contributed by atoms with Gasteiger partial charge in [-0.25, -0.2) is 24.3 Å². The summed E-state index contributed by atoms with van der Waals surface area (Å²) in [5.74, 6) is 0. The Hall–Kier alpha value is -5.19. The molecule has 12 rings (SSSR count). The minimum absolute atomic E-state index is 0. The van der Waals surface area contributed by atoms with E-state index in [0.29, 0.717) is 0 Å². The normalized spacial score (nSPS) is 12.7. The van der Waals surface area contributed by atoms with Gasteiger partial charge in [0.25, 0.3) is 0 Å². The molecule has 4 aliphatic rings. The molecular formula is C82H88Cl2Zr2-2. The van der Waals surface area contributed by atoms with Crippen LogP contribution in [0.1, 0.15) is 185 Å². The Morgan fingerprint density at radius 3 is 0.895 bits per heavy atom. The van der Waals surface area contributed by atoms with Gasteiger partial charge >= 0.3 is 224 Å². The maximum atomic E-state index is 3.67. The number of hydrogen-bond donors (Lipinski definition) is 0. The van der Waals surface area contributed by atoms with E-state index >= 15 is 0 Å². The molecule has 0 unspecified atom stereocenters. The molecule has 440 valence electrons. The summed E-state index contributed by atoms with van der Waals surface area (Å²) in [7, 11) is 0. The standard InChI is InChI=1S/2C21H25.2C15H14.2C5H5.2ClH.2Zr/c2*1-20(2,3)16-7-9-18-14(12-16)11-15-13-17(21(4,5)6)8-10-19(15)18;2*1-12-5-3-7-14(9-12)11-15-8-4-6-13(2)10-15;2*1-2-4-5-3-1;;;;/h2*7-10,12H,11H2,1-6H3;2*3-10H,1-2H3;2*1-3H,4H2;2*1H;;/q2*-1;;;2*-1;;;2*+2/p-2. The average molecular weight is 1330 g/mol. The first kappa shape index (κ1) is 71.6. The van der Waals surface area contributed by atoms with Gasteiger partial charge < -0.3 is 24.8 Å². The van der Waals surface area contributed by atoms with Crippen molar-refractivity contribution in [3.05, 3.63) is 307 Å². The molecule has 0 nitrogen and oxygen atoms in total. The maximum Gasteiger partial charge on any atom is -0.109 e. The third kappa shape index (κ3) is 20.4. The van der Waals surface area contributed by atoms with Gasteiger partial charge in [-0.05, 0) is 56.8 Å². The molecule has 0 atom stereocenters. The van der Waals surface area contributed by atoms with Crippen molar-refractivity contribution in [3.8, 4) is 22.3 Å². The van der Waals surface area contributed by atoms with E-state index in [-0.39, 0.29) is 46.5 Å². The summed E-state index contributed by atoms with van der Waals surface area (Å²) in [6.45, 7) is 35.8. The van der Waals surface area contributed by atoms with Crippen LogP contribution in [0.5, 0.6) is 0 Å². The molecule has 0 heterocycles. The Morgan fingerprint density at radius 2 is 0.663 bits per heavy atom. The predicted molar refractivity (Wildman–Crippen MR) is 356 cm³/mol. The number of hydrogen-bond acceptors (Lipinski definition) is 0. The molecule has 0 saturated carbocycles. The van der Waals surface area contributed by atoms with E-state index in [9.17, 15) is 0 Å². The van der Waals surface area contributed by atoms with Crippen molar-refractivity contribution in [2.75, 3.05) is 0 Å². The van der Waals surface area contributed by atoms with E-state index in [1.807, 2.05) is 24.3 Å². The van der Waals surface area contributed by atoms with E-state index in [4.69, 9.17) is 0 Å². The van der Waals surface area contributed by atoms with E-state index in [1.165, 1.54) is 166 Å². The zero-order valence-corrected chi connectivity index (χ0v) is 60.5. The number of rotatable bonds is 4. The minimum atomic E-state index is 0. The van der Waals surface area contributed by atoms with Crippen molar-refractivity contribution < 1.29 is 73.3 Å². The van der Waals surface area contributed by atoms with Gasteiger partial charge in [0.05, 0.1) is 0 Å². The third-order valence-electron chi connectivity index (χ3n) is 15.3. The van der Waals surface area contributed by atoms with Crippen LogP contribution < -0.4 is 24.8 Å². The third-order valence-corrected chi connectivity index (χ3v) is 18.2. The molecule has 0 fully saturated rings. The summed E-state index contributed by atoms with van der Waals surface area (Å²) >= 11 is 2.93. The topological polar surface area (TPSA) is 0 Å². The number of benzene rings is 8. The summed E-state index contributed by atoms with van der Waals surface area (Å²) in [5.41, 5.74) is 28.1. The van der Waals surface area contributed by atoms with Crippen LogP contribution in [-0.4, -0.2) is 6.41 Å². The van der Waals surface area contributed by atoms with E-state index in [1.54, 1.807) is 0 Å². The SMILES string of the molecule is CC(C)(C)c1[c-]c2c(cc1)-c1ccc(C(C)(C)C)cc1C2.CC(C)(C)c1[c-]c2c(cc1)-c1ccc(C(C)(C)C)cc1C2.Cc1cccc([C](=[Zr+2])c2cccc(C)c2)c1.Cc1cccc([C](=[Zr+2])c2cccc(C)c2)c1.[C-]1=CC=CC1.[C-]1=CC=CC1.[Cl-].[Cl-]. The molecule has 0 spiro atoms. The summed E-state index contributed by atoms with van der Waals surface area (Å²) in [6, 6.07) is 65.2. The largest absolute Gasteiger partial charge is 1.00 e. The second kappa shape index (κ2) is 31.8. The summed E-state index contributed by atoms with van der Waals surface area (Å²) in [4.78, 5) is 0. The van der Waals surface area contributed by atoms with Gasteiger partial charge in [-0.1, -0.05) is 131 Å². The van der Waals surface area contributed by atoms with E-state index < -0.39 is 0 Å². The number of aryl methyl sites for hydroxylation is 4. The van der Waals surface area contributed by atoms with Crippen LogP contribution in [0.25, 0.3) is 22.3 Å². The van der Waals surface area contributed by atoms with Crippen LogP contribution in [-0.2, 0) is 83.0 Å². The van der Waals surface area contributed by atoms with E-state index in [2.05, 4.69) is 305 Å². The zero-order valence-electron chi connectivity index (χ0n) is 54.1. The van der Waals surface area contributed by atoms with Crippen molar-refractivity contribution in [1.82, 2.24) is 0 Å². The van der Waals surface area contributed by atoms with Gasteiger partial charge in [-0.15, -0.1) is 35.1 Å². The molecule has 0 saturated heterocycles. The quantitative estimate of drug-likeness (QED) is 0.154. The Kier molecular flexibility index (Phi) is 26.5. The summed E-state index contributed by atoms with van der Waals surface area (Å²) in [5, 5.41) is 0. The van der Waals surface area contributed by atoms with Crippen molar-refractivity contribution in [1.29, 1.82) is 0 Å². The fourth-order valence-corrected chi connectivity index (χ4v) is 11.8. The molecule has 0 N–H and O–H groups in total. The molecule has 0 aliphatic heterocycles. The van der Waals surface area contributed by atoms with Crippen LogP contribution in [0.15, 0.2) is 194 Å². The Labute approximate surface area is 562 Å². The molecule has 8 aromatic carbocycles. The van der Waals surface area contributed by atoms with Crippen LogP contribution >= 0.6 is 0 Å². The molecule has 8 aromatic rings. The molecule has 0 radical (unpaired) electrons. The van der Waals surface area contributed by atoms with Gasteiger partial charge in [-0.2, -0.15) is 59.7 Å². The molecule has 0 amide bonds. The number of halogens is 2. The van der Waals surface area contributed by atoms with Crippen LogP contribution in [0.2, 0.25) is 0 Å². The Balaban J connectivity index is 0.000000198. The monoisotopic (exact) mass is 1320 g/mol. The fraction of sp³-hybridized carbons (Fsp3) is 0.293.